The van der Waals surface area contributed by atoms with Crippen molar-refractivity contribution >= 4 is 5.78 Å². The second kappa shape index (κ2) is 3.31. The average Bonchev–Trinajstić information content (AvgIpc) is 2.75. The van der Waals surface area contributed by atoms with Crippen molar-refractivity contribution in [2.24, 2.45) is 5.92 Å². The van der Waals surface area contributed by atoms with E-state index < -0.39 is 0 Å². The fourth-order valence-corrected chi connectivity index (χ4v) is 2.80. The van der Waals surface area contributed by atoms with E-state index in [1.807, 2.05) is 0 Å². The number of carbonyl (C=O) groups is 1. The molecule has 0 spiro atoms. The van der Waals surface area contributed by atoms with Crippen molar-refractivity contribution in [2.45, 2.75) is 37.8 Å². The van der Waals surface area contributed by atoms with Crippen LogP contribution in [0.5, 0.6) is 0 Å². The molecule has 3 aliphatic rings. The molecule has 3 nitrogen and oxygen atoms in total. The van der Waals surface area contributed by atoms with Crippen LogP contribution < -0.4 is 0 Å². The van der Waals surface area contributed by atoms with Crippen molar-refractivity contribution in [2.75, 3.05) is 19.7 Å². The third kappa shape index (κ3) is 1.48. The summed E-state index contributed by atoms with van der Waals surface area (Å²) in [5.41, 5.74) is 0. The van der Waals surface area contributed by atoms with Crippen molar-refractivity contribution < 1.29 is 9.53 Å². The van der Waals surface area contributed by atoms with Crippen molar-refractivity contribution in [3.63, 3.8) is 0 Å². The fraction of sp³-hybridized carbons (Fsp3) is 0.909. The summed E-state index contributed by atoms with van der Waals surface area (Å²) < 4.78 is 5.78. The number of ether oxygens (including phenoxy) is 1. The molecule has 0 bridgehead atoms. The summed E-state index contributed by atoms with van der Waals surface area (Å²) in [6, 6.07) is 0.550. The Balaban J connectivity index is 1.67. The monoisotopic (exact) mass is 195 g/mol. The summed E-state index contributed by atoms with van der Waals surface area (Å²) in [5.74, 6) is 1.21. The molecule has 2 atom stereocenters. The maximum atomic E-state index is 11.2. The predicted octanol–water partition coefficient (Wildman–Crippen LogP) is 0.829. The van der Waals surface area contributed by atoms with E-state index in [1.165, 1.54) is 12.8 Å². The Hall–Kier alpha value is -0.410. The van der Waals surface area contributed by atoms with Crippen LogP contribution >= 0.6 is 0 Å². The molecular formula is C11H17NO2. The minimum atomic E-state index is 0.409. The van der Waals surface area contributed by atoms with Crippen LogP contribution in [0.3, 0.4) is 0 Å². The molecule has 3 rings (SSSR count). The largest absolute Gasteiger partial charge is 0.376 e. The summed E-state index contributed by atoms with van der Waals surface area (Å²) in [5, 5.41) is 0. The van der Waals surface area contributed by atoms with Crippen molar-refractivity contribution in [1.82, 2.24) is 4.90 Å². The van der Waals surface area contributed by atoms with Gasteiger partial charge < -0.3 is 4.74 Å². The van der Waals surface area contributed by atoms with Gasteiger partial charge in [0.05, 0.1) is 12.6 Å². The van der Waals surface area contributed by atoms with E-state index in [2.05, 4.69) is 4.90 Å². The van der Waals surface area contributed by atoms with E-state index in [1.54, 1.807) is 0 Å². The molecule has 2 heterocycles. The summed E-state index contributed by atoms with van der Waals surface area (Å²) >= 11 is 0. The van der Waals surface area contributed by atoms with Crippen molar-refractivity contribution in [3.8, 4) is 0 Å². The average molecular weight is 195 g/mol. The summed E-state index contributed by atoms with van der Waals surface area (Å²) in [7, 11) is 0. The minimum absolute atomic E-state index is 0.409. The van der Waals surface area contributed by atoms with E-state index in [0.29, 0.717) is 24.5 Å². The number of hydrogen-bond acceptors (Lipinski definition) is 3. The normalized spacial score (nSPS) is 39.6. The Kier molecular flexibility index (Phi) is 2.10. The third-order valence-corrected chi connectivity index (χ3v) is 3.72. The van der Waals surface area contributed by atoms with Crippen LogP contribution in [0.1, 0.15) is 25.7 Å². The number of rotatable bonds is 2. The number of ketones is 1. The van der Waals surface area contributed by atoms with Gasteiger partial charge in [-0.25, -0.2) is 0 Å². The first-order valence-corrected chi connectivity index (χ1v) is 5.72. The van der Waals surface area contributed by atoms with Gasteiger partial charge in [0, 0.05) is 25.6 Å². The summed E-state index contributed by atoms with van der Waals surface area (Å²) in [4.78, 5) is 13.6. The van der Waals surface area contributed by atoms with E-state index in [4.69, 9.17) is 4.74 Å². The van der Waals surface area contributed by atoms with Crippen LogP contribution in [-0.4, -0.2) is 42.5 Å². The van der Waals surface area contributed by atoms with Gasteiger partial charge in [-0.1, -0.05) is 0 Å². The molecule has 0 radical (unpaired) electrons. The highest BCUT2D eigenvalue weighted by Crippen LogP contribution is 2.40. The van der Waals surface area contributed by atoms with E-state index in [-0.39, 0.29) is 0 Å². The van der Waals surface area contributed by atoms with Crippen LogP contribution in [0, 0.1) is 5.92 Å². The van der Waals surface area contributed by atoms with Crippen LogP contribution in [0.2, 0.25) is 0 Å². The Labute approximate surface area is 84.4 Å². The zero-order valence-electron chi connectivity index (χ0n) is 8.45. The molecule has 2 unspecified atom stereocenters. The molecule has 2 saturated heterocycles. The molecule has 78 valence electrons. The maximum Gasteiger partial charge on any atom is 0.148 e. The molecule has 3 heteroatoms. The second-order valence-corrected chi connectivity index (χ2v) is 4.79. The van der Waals surface area contributed by atoms with Gasteiger partial charge in [-0.15, -0.1) is 0 Å². The highest BCUT2D eigenvalue weighted by atomic mass is 16.5. The van der Waals surface area contributed by atoms with Crippen molar-refractivity contribution in [3.05, 3.63) is 0 Å². The lowest BCUT2D eigenvalue weighted by atomic mass is 10.1. The maximum absolute atomic E-state index is 11.2. The zero-order valence-corrected chi connectivity index (χ0v) is 8.45. The number of hydrogen-bond donors (Lipinski definition) is 0. The van der Waals surface area contributed by atoms with Gasteiger partial charge in [0.25, 0.3) is 0 Å². The molecule has 3 fully saturated rings. The lowest BCUT2D eigenvalue weighted by Gasteiger charge is -2.27. The Bertz CT molecular complexity index is 250. The molecule has 0 aromatic rings. The second-order valence-electron chi connectivity index (χ2n) is 4.79. The summed E-state index contributed by atoms with van der Waals surface area (Å²) in [6.07, 6.45) is 5.01. The van der Waals surface area contributed by atoms with E-state index in [0.717, 1.165) is 31.9 Å². The molecule has 0 aromatic heterocycles. The zero-order chi connectivity index (χ0) is 9.54. The first kappa shape index (κ1) is 8.86. The Morgan fingerprint density at radius 2 is 2.14 bits per heavy atom. The fourth-order valence-electron chi connectivity index (χ4n) is 2.80. The van der Waals surface area contributed by atoms with Crippen LogP contribution in [0.15, 0.2) is 0 Å². The van der Waals surface area contributed by atoms with Gasteiger partial charge in [0.15, 0.2) is 0 Å². The number of carbonyl (C=O) groups excluding carboxylic acids is 1. The van der Waals surface area contributed by atoms with Crippen LogP contribution in [0.4, 0.5) is 0 Å². The Morgan fingerprint density at radius 3 is 2.79 bits per heavy atom. The molecular weight excluding hydrogens is 178 g/mol. The van der Waals surface area contributed by atoms with Crippen molar-refractivity contribution in [1.29, 1.82) is 0 Å². The summed E-state index contributed by atoms with van der Waals surface area (Å²) in [6.45, 7) is 2.55. The molecule has 1 aliphatic carbocycles. The Morgan fingerprint density at radius 1 is 1.29 bits per heavy atom. The molecule has 0 amide bonds. The SMILES string of the molecule is O=C1CCN(C2CCOC2C2CC2)C1. The van der Waals surface area contributed by atoms with Gasteiger partial charge >= 0.3 is 0 Å². The lowest BCUT2D eigenvalue weighted by molar-refractivity contribution is -0.117. The van der Waals surface area contributed by atoms with Gasteiger partial charge in [0.2, 0.25) is 0 Å². The quantitative estimate of drug-likeness (QED) is 0.653. The lowest BCUT2D eigenvalue weighted by Crippen LogP contribution is -2.40. The van der Waals surface area contributed by atoms with Crippen LogP contribution in [-0.2, 0) is 9.53 Å². The first-order valence-electron chi connectivity index (χ1n) is 5.72. The van der Waals surface area contributed by atoms with Gasteiger partial charge in [-0.2, -0.15) is 0 Å². The van der Waals surface area contributed by atoms with Gasteiger partial charge in [-0.3, -0.25) is 9.69 Å². The smallest absolute Gasteiger partial charge is 0.148 e. The van der Waals surface area contributed by atoms with Gasteiger partial charge in [0.1, 0.15) is 5.78 Å². The van der Waals surface area contributed by atoms with E-state index in [9.17, 15) is 4.79 Å². The minimum Gasteiger partial charge on any atom is -0.376 e. The number of nitrogens with zero attached hydrogens (tertiary/aromatic N) is 1. The predicted molar refractivity (Wildman–Crippen MR) is 52.1 cm³/mol. The highest BCUT2D eigenvalue weighted by Gasteiger charge is 2.44. The first-order chi connectivity index (χ1) is 6.84. The highest BCUT2D eigenvalue weighted by molar-refractivity contribution is 5.82. The van der Waals surface area contributed by atoms with Crippen LogP contribution in [0.25, 0.3) is 0 Å². The molecule has 1 saturated carbocycles. The number of Topliss-reactive ketones (excluding diaryl/α,β-unsaturated/α-hetero) is 1. The topological polar surface area (TPSA) is 29.5 Å². The number of likely N-dealkylation sites (tertiary alicyclic amines) is 1. The molecule has 0 aromatic carbocycles. The van der Waals surface area contributed by atoms with E-state index >= 15 is 0 Å². The third-order valence-electron chi connectivity index (χ3n) is 3.72. The molecule has 14 heavy (non-hydrogen) atoms. The molecule has 0 N–H and O–H groups in total. The van der Waals surface area contributed by atoms with Gasteiger partial charge in [-0.05, 0) is 25.2 Å². The standard InChI is InChI=1S/C11H17NO2/c13-9-3-5-12(7-9)10-4-6-14-11(10)8-1-2-8/h8,10-11H,1-7H2. The molecule has 2 aliphatic heterocycles.